The summed E-state index contributed by atoms with van der Waals surface area (Å²) in [5.74, 6) is -0.350. The van der Waals surface area contributed by atoms with Crippen LogP contribution >= 0.6 is 15.9 Å². The van der Waals surface area contributed by atoms with Crippen molar-refractivity contribution < 1.29 is 18.7 Å². The van der Waals surface area contributed by atoms with Crippen LogP contribution in [0, 0.1) is 17.1 Å². The molecule has 0 aliphatic rings. The largest absolute Gasteiger partial charge is 0.493 e. The fourth-order valence-corrected chi connectivity index (χ4v) is 3.90. The molecule has 0 heterocycles. The fourth-order valence-electron chi connectivity index (χ4n) is 3.56. The minimum absolute atomic E-state index is 0.0193. The maximum atomic E-state index is 14.1. The van der Waals surface area contributed by atoms with Crippen LogP contribution < -0.4 is 14.8 Å². The lowest BCUT2D eigenvalue weighted by Crippen LogP contribution is -2.14. The van der Waals surface area contributed by atoms with Crippen LogP contribution in [0.2, 0.25) is 0 Å². The predicted molar refractivity (Wildman–Crippen MR) is 138 cm³/mol. The van der Waals surface area contributed by atoms with Gasteiger partial charge in [0.05, 0.1) is 12.8 Å². The van der Waals surface area contributed by atoms with Crippen LogP contribution in [0.25, 0.3) is 16.8 Å². The van der Waals surface area contributed by atoms with Crippen molar-refractivity contribution in [3.8, 4) is 17.6 Å². The van der Waals surface area contributed by atoms with Crippen molar-refractivity contribution in [1.82, 2.24) is 0 Å². The zero-order valence-corrected chi connectivity index (χ0v) is 20.3. The highest BCUT2D eigenvalue weighted by Crippen LogP contribution is 2.31. The van der Waals surface area contributed by atoms with Gasteiger partial charge >= 0.3 is 0 Å². The molecule has 0 saturated heterocycles. The molecule has 35 heavy (non-hydrogen) atoms. The molecule has 0 aromatic heterocycles. The summed E-state index contributed by atoms with van der Waals surface area (Å²) >= 11 is 3.16. The average Bonchev–Trinajstić information content (AvgIpc) is 2.87. The molecule has 174 valence electrons. The number of anilines is 1. The van der Waals surface area contributed by atoms with E-state index in [1.807, 2.05) is 36.4 Å². The first-order chi connectivity index (χ1) is 17.0. The van der Waals surface area contributed by atoms with Gasteiger partial charge < -0.3 is 14.8 Å². The summed E-state index contributed by atoms with van der Waals surface area (Å²) in [6.07, 6.45) is 1.41. The monoisotopic (exact) mass is 530 g/mol. The number of hydrogen-bond donors (Lipinski definition) is 1. The summed E-state index contributed by atoms with van der Waals surface area (Å²) in [5, 5.41) is 14.2. The van der Waals surface area contributed by atoms with Gasteiger partial charge in [0.2, 0.25) is 0 Å². The lowest BCUT2D eigenvalue weighted by atomic mass is 10.1. The second kappa shape index (κ2) is 10.9. The van der Waals surface area contributed by atoms with E-state index in [0.29, 0.717) is 28.1 Å². The third-order valence-corrected chi connectivity index (χ3v) is 5.80. The van der Waals surface area contributed by atoms with Crippen LogP contribution in [0.1, 0.15) is 11.1 Å². The first-order valence-corrected chi connectivity index (χ1v) is 11.4. The number of carbonyl (C=O) groups excluding carboxylic acids is 1. The van der Waals surface area contributed by atoms with Crippen LogP contribution in [0.4, 0.5) is 10.1 Å². The van der Waals surface area contributed by atoms with E-state index in [9.17, 15) is 14.4 Å². The van der Waals surface area contributed by atoms with E-state index in [1.54, 1.807) is 24.3 Å². The smallest absolute Gasteiger partial charge is 0.266 e. The molecule has 0 saturated carbocycles. The summed E-state index contributed by atoms with van der Waals surface area (Å²) in [7, 11) is 1.52. The molecule has 0 radical (unpaired) electrons. The van der Waals surface area contributed by atoms with Crippen LogP contribution in [-0.2, 0) is 11.4 Å². The Hall–Kier alpha value is -4.15. The van der Waals surface area contributed by atoms with Gasteiger partial charge in [-0.3, -0.25) is 4.79 Å². The number of benzene rings is 4. The number of methoxy groups -OCH3 is 1. The second-order valence-corrected chi connectivity index (χ2v) is 8.50. The SMILES string of the molecule is COc1cc(C=C(C#N)C(=O)Nc2ccc(Br)cc2F)ccc1OCc1cccc2ccccc12. The Morgan fingerprint density at radius 1 is 1.06 bits per heavy atom. The van der Waals surface area contributed by atoms with Crippen molar-refractivity contribution >= 4 is 44.4 Å². The molecule has 0 spiro atoms. The van der Waals surface area contributed by atoms with E-state index in [1.165, 1.54) is 25.3 Å². The summed E-state index contributed by atoms with van der Waals surface area (Å²) < 4.78 is 26.1. The number of halogens is 2. The Morgan fingerprint density at radius 2 is 1.86 bits per heavy atom. The molecule has 7 heteroatoms. The summed E-state index contributed by atoms with van der Waals surface area (Å²) in [6.45, 7) is 0.345. The number of nitriles is 1. The van der Waals surface area contributed by atoms with Crippen LogP contribution in [-0.4, -0.2) is 13.0 Å². The molecule has 5 nitrogen and oxygen atoms in total. The van der Waals surface area contributed by atoms with Gasteiger partial charge in [-0.2, -0.15) is 5.26 Å². The number of carbonyl (C=O) groups is 1. The van der Waals surface area contributed by atoms with Crippen molar-refractivity contribution in [1.29, 1.82) is 5.26 Å². The number of amides is 1. The molecule has 1 N–H and O–H groups in total. The van der Waals surface area contributed by atoms with Crippen LogP contribution in [0.5, 0.6) is 11.5 Å². The minimum atomic E-state index is -0.719. The van der Waals surface area contributed by atoms with Crippen LogP contribution in [0.3, 0.4) is 0 Å². The van der Waals surface area contributed by atoms with Gasteiger partial charge in [0.25, 0.3) is 5.91 Å². The average molecular weight is 531 g/mol. The number of fused-ring (bicyclic) bond motifs is 1. The van der Waals surface area contributed by atoms with Gasteiger partial charge in [-0.05, 0) is 58.3 Å². The van der Waals surface area contributed by atoms with E-state index in [2.05, 4.69) is 33.4 Å². The summed E-state index contributed by atoms with van der Waals surface area (Å²) in [4.78, 5) is 12.5. The number of nitrogens with zero attached hydrogens (tertiary/aromatic N) is 1. The molecule has 1 amide bonds. The van der Waals surface area contributed by atoms with Gasteiger partial charge in [0.1, 0.15) is 24.1 Å². The molecule has 0 fully saturated rings. The Bertz CT molecular complexity index is 1470. The van der Waals surface area contributed by atoms with Gasteiger partial charge in [-0.1, -0.05) is 64.5 Å². The molecule has 4 aromatic carbocycles. The van der Waals surface area contributed by atoms with Crippen molar-refractivity contribution in [3.63, 3.8) is 0 Å². The maximum absolute atomic E-state index is 14.1. The molecule has 0 unspecified atom stereocenters. The Labute approximate surface area is 210 Å². The molecular formula is C28H20BrFN2O3. The minimum Gasteiger partial charge on any atom is -0.493 e. The molecule has 0 bridgehead atoms. The Morgan fingerprint density at radius 3 is 2.63 bits per heavy atom. The maximum Gasteiger partial charge on any atom is 0.266 e. The molecule has 4 rings (SSSR count). The summed E-state index contributed by atoms with van der Waals surface area (Å²) in [6, 6.07) is 25.3. The van der Waals surface area contributed by atoms with Crippen molar-refractivity contribution in [2.75, 3.05) is 12.4 Å². The van der Waals surface area contributed by atoms with E-state index in [4.69, 9.17) is 9.47 Å². The number of hydrogen-bond acceptors (Lipinski definition) is 4. The van der Waals surface area contributed by atoms with Crippen molar-refractivity contribution in [2.24, 2.45) is 0 Å². The molecular weight excluding hydrogens is 511 g/mol. The quantitative estimate of drug-likeness (QED) is 0.209. The molecule has 0 aliphatic heterocycles. The number of ether oxygens (including phenoxy) is 2. The summed E-state index contributed by atoms with van der Waals surface area (Å²) in [5.41, 5.74) is 1.40. The predicted octanol–water partition coefficient (Wildman–Crippen LogP) is 6.87. The fraction of sp³-hybridized carbons (Fsp3) is 0.0714. The highest BCUT2D eigenvalue weighted by molar-refractivity contribution is 9.10. The van der Waals surface area contributed by atoms with Gasteiger partial charge in [-0.25, -0.2) is 4.39 Å². The van der Waals surface area contributed by atoms with Crippen molar-refractivity contribution in [3.05, 3.63) is 106 Å². The molecule has 0 atom stereocenters. The molecule has 4 aromatic rings. The van der Waals surface area contributed by atoms with E-state index in [-0.39, 0.29) is 11.3 Å². The van der Waals surface area contributed by atoms with Gasteiger partial charge in [0.15, 0.2) is 11.5 Å². The third-order valence-electron chi connectivity index (χ3n) is 5.31. The zero-order chi connectivity index (χ0) is 24.8. The molecule has 0 aliphatic carbocycles. The van der Waals surface area contributed by atoms with Gasteiger partial charge in [-0.15, -0.1) is 0 Å². The van der Waals surface area contributed by atoms with E-state index in [0.717, 1.165) is 16.3 Å². The highest BCUT2D eigenvalue weighted by atomic mass is 79.9. The topological polar surface area (TPSA) is 71.3 Å². The first-order valence-electron chi connectivity index (χ1n) is 10.6. The first kappa shape index (κ1) is 24.0. The van der Waals surface area contributed by atoms with Gasteiger partial charge in [0, 0.05) is 4.47 Å². The second-order valence-electron chi connectivity index (χ2n) is 7.59. The highest BCUT2D eigenvalue weighted by Gasteiger charge is 2.14. The van der Waals surface area contributed by atoms with Crippen molar-refractivity contribution in [2.45, 2.75) is 6.61 Å². The number of nitrogens with one attached hydrogen (secondary N) is 1. The Kier molecular flexibility index (Phi) is 7.44. The standard InChI is InChI=1S/C28H20BrFN2O3/c1-34-27-14-18(13-21(16-31)28(33)32-25-11-10-22(29)15-24(25)30)9-12-26(27)35-17-20-7-4-6-19-5-2-3-8-23(19)20/h2-15H,17H2,1H3,(H,32,33). The third kappa shape index (κ3) is 5.68. The van der Waals surface area contributed by atoms with Crippen LogP contribution in [0.15, 0.2) is 88.9 Å². The van der Waals surface area contributed by atoms with E-state index < -0.39 is 11.7 Å². The Balaban J connectivity index is 1.52. The lowest BCUT2D eigenvalue weighted by Gasteiger charge is -2.13. The zero-order valence-electron chi connectivity index (χ0n) is 18.7. The normalized spacial score (nSPS) is 11.1. The van der Waals surface area contributed by atoms with E-state index >= 15 is 0 Å². The number of rotatable bonds is 7. The lowest BCUT2D eigenvalue weighted by molar-refractivity contribution is -0.112.